The molecular formula is C35H60N7O17P3S. The fourth-order valence-corrected chi connectivity index (χ4v) is 9.54. The Balaban J connectivity index is 1.36. The number of aromatic nitrogens is 4. The summed E-state index contributed by atoms with van der Waals surface area (Å²) in [5, 5.41) is 26.6. The fourth-order valence-electron chi connectivity index (χ4n) is 5.99. The van der Waals surface area contributed by atoms with E-state index in [-0.39, 0.29) is 41.6 Å². The van der Waals surface area contributed by atoms with Gasteiger partial charge in [0.05, 0.1) is 19.5 Å². The van der Waals surface area contributed by atoms with Crippen LogP contribution in [0.3, 0.4) is 0 Å². The number of ether oxygens (including phenoxy) is 1. The van der Waals surface area contributed by atoms with Gasteiger partial charge in [0, 0.05) is 37.1 Å². The molecule has 0 saturated carbocycles. The molecule has 2 unspecified atom stereocenters. The first-order valence-corrected chi connectivity index (χ1v) is 25.8. The fraction of sp³-hybridized carbons (Fsp3) is 0.714. The van der Waals surface area contributed by atoms with Crippen LogP contribution in [0.25, 0.3) is 11.2 Å². The zero-order valence-corrected chi connectivity index (χ0v) is 38.8. The molecular weight excluding hydrogens is 915 g/mol. The van der Waals surface area contributed by atoms with Crippen molar-refractivity contribution in [3.05, 3.63) is 24.8 Å². The smallest absolute Gasteiger partial charge is 0.386 e. The molecule has 3 rings (SSSR count). The summed E-state index contributed by atoms with van der Waals surface area (Å²) in [6.07, 6.45) is 7.90. The second-order valence-electron chi connectivity index (χ2n) is 15.2. The largest absolute Gasteiger partial charge is 0.481 e. The highest BCUT2D eigenvalue weighted by atomic mass is 32.2. The number of amides is 2. The first-order chi connectivity index (χ1) is 29.6. The summed E-state index contributed by atoms with van der Waals surface area (Å²) in [7, 11) is -16.4. The number of nitrogens with zero attached hydrogens (tertiary/aromatic N) is 4. The van der Waals surface area contributed by atoms with E-state index < -0.39 is 84.6 Å². The number of rotatable bonds is 30. The number of carbonyl (C=O) groups is 3. The Kier molecular flexibility index (Phi) is 22.4. The molecule has 10 N–H and O–H groups in total. The van der Waals surface area contributed by atoms with Gasteiger partial charge < -0.3 is 50.9 Å². The number of phosphoric acid groups is 3. The second-order valence-corrected chi connectivity index (χ2v) is 20.6. The zero-order chi connectivity index (χ0) is 46.8. The Labute approximate surface area is 368 Å². The van der Waals surface area contributed by atoms with Crippen molar-refractivity contribution >= 4 is 69.1 Å². The van der Waals surface area contributed by atoms with Crippen LogP contribution in [0, 0.1) is 5.41 Å². The van der Waals surface area contributed by atoms with Crippen LogP contribution < -0.4 is 16.4 Å². The molecule has 2 aromatic heterocycles. The molecule has 7 atom stereocenters. The minimum atomic E-state index is -5.57. The van der Waals surface area contributed by atoms with Gasteiger partial charge in [0.2, 0.25) is 11.8 Å². The summed E-state index contributed by atoms with van der Waals surface area (Å²) in [4.78, 5) is 88.1. The van der Waals surface area contributed by atoms with Crippen molar-refractivity contribution in [3.8, 4) is 0 Å². The standard InChI is InChI=1S/C35H60N7O17P3S/c1-4-5-6-7-8-9-10-11-12-13-14-15-26(44)63-19-18-37-25(43)16-17-38-33(47)30(46)35(2,3)21-56-62(53,54)59-61(51,52)55-20-24-29(58-60(48,49)50)28(45)34(57-24)42-23-41-27-31(36)39-22-40-32(27)42/h7-8,22-24,28-30,34,45-46H,4-6,9-21H2,1-3H3,(H,37,43)(H,38,47)(H,51,52)(H,53,54)(H2,36,39,40)(H2,48,49,50)/b8-7-/t24-,28-,29-,30+,34-/m1/s1. The molecule has 0 aromatic carbocycles. The van der Waals surface area contributed by atoms with Crippen LogP contribution >= 0.6 is 35.2 Å². The zero-order valence-electron chi connectivity index (χ0n) is 35.3. The average Bonchev–Trinajstić information content (AvgIpc) is 3.76. The van der Waals surface area contributed by atoms with E-state index in [1.54, 1.807) is 0 Å². The summed E-state index contributed by atoms with van der Waals surface area (Å²) in [6.45, 7) is 2.74. The number of hydrogen-bond acceptors (Lipinski definition) is 18. The van der Waals surface area contributed by atoms with E-state index in [2.05, 4.69) is 53.5 Å². The molecule has 63 heavy (non-hydrogen) atoms. The van der Waals surface area contributed by atoms with E-state index in [1.165, 1.54) is 26.7 Å². The van der Waals surface area contributed by atoms with Crippen molar-refractivity contribution in [2.75, 3.05) is 37.8 Å². The van der Waals surface area contributed by atoms with E-state index in [1.807, 2.05) is 0 Å². The molecule has 1 aliphatic heterocycles. The first-order valence-electron chi connectivity index (χ1n) is 20.3. The summed E-state index contributed by atoms with van der Waals surface area (Å²) < 4.78 is 62.3. The van der Waals surface area contributed by atoms with Gasteiger partial charge in [-0.25, -0.2) is 28.6 Å². The van der Waals surface area contributed by atoms with Crippen LogP contribution in [0.4, 0.5) is 5.82 Å². The Bertz CT molecular complexity index is 1970. The van der Waals surface area contributed by atoms with Crippen LogP contribution in [-0.4, -0.2) is 123 Å². The highest BCUT2D eigenvalue weighted by Crippen LogP contribution is 2.61. The van der Waals surface area contributed by atoms with Crippen molar-refractivity contribution in [1.82, 2.24) is 30.2 Å². The van der Waals surface area contributed by atoms with E-state index in [0.717, 1.165) is 73.9 Å². The van der Waals surface area contributed by atoms with Crippen molar-refractivity contribution in [2.45, 2.75) is 122 Å². The molecule has 0 spiro atoms. The van der Waals surface area contributed by atoms with Gasteiger partial charge in [-0.1, -0.05) is 76.8 Å². The average molecular weight is 976 g/mol. The first kappa shape index (κ1) is 54.6. The van der Waals surface area contributed by atoms with Crippen LogP contribution in [0.5, 0.6) is 0 Å². The Hall–Kier alpha value is -2.70. The van der Waals surface area contributed by atoms with E-state index >= 15 is 0 Å². The maximum atomic E-state index is 12.7. The quantitative estimate of drug-likeness (QED) is 0.0308. The summed E-state index contributed by atoms with van der Waals surface area (Å²) >= 11 is 1.14. The molecule has 0 radical (unpaired) electrons. The van der Waals surface area contributed by atoms with Gasteiger partial charge in [0.1, 0.15) is 36.3 Å². The van der Waals surface area contributed by atoms with E-state index in [0.29, 0.717) is 12.2 Å². The van der Waals surface area contributed by atoms with Crippen LogP contribution in [-0.2, 0) is 50.7 Å². The van der Waals surface area contributed by atoms with Gasteiger partial charge in [0.15, 0.2) is 22.8 Å². The lowest BCUT2D eigenvalue weighted by Gasteiger charge is -2.30. The van der Waals surface area contributed by atoms with Crippen molar-refractivity contribution < 1.29 is 80.5 Å². The van der Waals surface area contributed by atoms with Crippen LogP contribution in [0.15, 0.2) is 24.8 Å². The third-order valence-electron chi connectivity index (χ3n) is 9.41. The van der Waals surface area contributed by atoms with E-state index in [4.69, 9.17) is 19.5 Å². The monoisotopic (exact) mass is 975 g/mol. The predicted octanol–water partition coefficient (Wildman–Crippen LogP) is 3.14. The normalized spacial score (nSPS) is 20.7. The maximum Gasteiger partial charge on any atom is 0.481 e. The molecule has 358 valence electrons. The lowest BCUT2D eigenvalue weighted by molar-refractivity contribution is -0.137. The number of thioether (sulfide) groups is 1. The molecule has 2 aromatic rings. The van der Waals surface area contributed by atoms with Gasteiger partial charge in [-0.2, -0.15) is 4.31 Å². The molecule has 2 amide bonds. The Morgan fingerprint density at radius 3 is 2.32 bits per heavy atom. The molecule has 0 bridgehead atoms. The van der Waals surface area contributed by atoms with Crippen molar-refractivity contribution in [1.29, 1.82) is 0 Å². The minimum absolute atomic E-state index is 0.0326. The third kappa shape index (κ3) is 19.4. The lowest BCUT2D eigenvalue weighted by Crippen LogP contribution is -2.46. The van der Waals surface area contributed by atoms with Gasteiger partial charge in [-0.05, 0) is 25.7 Å². The molecule has 1 aliphatic rings. The minimum Gasteiger partial charge on any atom is -0.386 e. The molecule has 3 heterocycles. The summed E-state index contributed by atoms with van der Waals surface area (Å²) in [5.41, 5.74) is 4.28. The lowest BCUT2D eigenvalue weighted by atomic mass is 9.87. The number of nitrogens with one attached hydrogen (secondary N) is 2. The second kappa shape index (κ2) is 25.9. The highest BCUT2D eigenvalue weighted by Gasteiger charge is 2.50. The maximum absolute atomic E-state index is 12.7. The number of unbranched alkanes of at least 4 members (excludes halogenated alkanes) is 7. The van der Waals surface area contributed by atoms with Crippen molar-refractivity contribution in [3.63, 3.8) is 0 Å². The predicted molar refractivity (Wildman–Crippen MR) is 228 cm³/mol. The molecule has 28 heteroatoms. The number of phosphoric ester groups is 3. The molecule has 24 nitrogen and oxygen atoms in total. The number of aliphatic hydroxyl groups excluding tert-OH is 2. The number of anilines is 1. The Morgan fingerprint density at radius 1 is 0.952 bits per heavy atom. The van der Waals surface area contributed by atoms with Gasteiger partial charge in [-0.15, -0.1) is 0 Å². The van der Waals surface area contributed by atoms with Gasteiger partial charge >= 0.3 is 23.5 Å². The van der Waals surface area contributed by atoms with Crippen LogP contribution in [0.2, 0.25) is 0 Å². The highest BCUT2D eigenvalue weighted by molar-refractivity contribution is 8.13. The molecule has 1 saturated heterocycles. The van der Waals surface area contributed by atoms with Crippen molar-refractivity contribution in [2.24, 2.45) is 5.41 Å². The topological polar surface area (TPSA) is 364 Å². The van der Waals surface area contributed by atoms with Crippen LogP contribution in [0.1, 0.15) is 97.6 Å². The Morgan fingerprint density at radius 2 is 1.62 bits per heavy atom. The number of nitrogen functional groups attached to an aromatic ring is 1. The number of allylic oxidation sites excluding steroid dienone is 2. The summed E-state index contributed by atoms with van der Waals surface area (Å²) in [6, 6.07) is 0. The number of nitrogens with two attached hydrogens (primary N) is 1. The van der Waals surface area contributed by atoms with Gasteiger partial charge in [-0.3, -0.25) is 32.5 Å². The SMILES string of the molecule is CCCC/C=C\CCCCCCCC(=O)SCCNC(=O)CCNC(=O)[C@H](O)C(C)(C)COP(=O)(O)OP(=O)(O)OC[C@H]1O[C@@H](n2cnc3c(N)ncnc32)[C@H](O)[C@@H]1OP(=O)(O)O. The third-order valence-corrected chi connectivity index (χ3v) is 13.4. The number of carbonyl (C=O) groups excluding carboxylic acids is 3. The van der Waals surface area contributed by atoms with E-state index in [9.17, 15) is 57.9 Å². The number of imidazole rings is 1. The number of aliphatic hydroxyl groups is 2. The number of hydrogen-bond donors (Lipinski definition) is 9. The number of fused-ring (bicyclic) bond motifs is 1. The van der Waals surface area contributed by atoms with Gasteiger partial charge in [0.25, 0.3) is 0 Å². The molecule has 0 aliphatic carbocycles. The molecule has 1 fully saturated rings. The summed E-state index contributed by atoms with van der Waals surface area (Å²) in [5.74, 6) is -1.04.